The molecular formula is C17H16FNO2. The Morgan fingerprint density at radius 1 is 1.14 bits per heavy atom. The molecule has 21 heavy (non-hydrogen) atoms. The van der Waals surface area contributed by atoms with E-state index in [1.165, 1.54) is 18.2 Å². The van der Waals surface area contributed by atoms with Crippen LogP contribution in [0.4, 0.5) is 4.39 Å². The Morgan fingerprint density at radius 2 is 1.81 bits per heavy atom. The molecule has 0 saturated heterocycles. The van der Waals surface area contributed by atoms with Crippen molar-refractivity contribution in [2.24, 2.45) is 0 Å². The molecule has 108 valence electrons. The van der Waals surface area contributed by atoms with Crippen molar-refractivity contribution in [1.82, 2.24) is 5.32 Å². The van der Waals surface area contributed by atoms with Crippen LogP contribution in [0, 0.1) is 5.82 Å². The minimum Gasteiger partial charge on any atom is -0.394 e. The van der Waals surface area contributed by atoms with Gasteiger partial charge in [0.15, 0.2) is 0 Å². The number of benzene rings is 2. The standard InChI is InChI=1S/C17H16FNO2/c18-15-9-6-13(7-10-15)8-11-17(21)19-16(12-20)14-4-2-1-3-5-14/h1-11,16,20H,12H2,(H,19,21). The summed E-state index contributed by atoms with van der Waals surface area (Å²) in [6.45, 7) is -0.180. The van der Waals surface area contributed by atoms with E-state index in [2.05, 4.69) is 5.32 Å². The predicted octanol–water partition coefficient (Wildman–Crippen LogP) is 2.69. The largest absolute Gasteiger partial charge is 0.394 e. The topological polar surface area (TPSA) is 49.3 Å². The molecule has 0 saturated carbocycles. The van der Waals surface area contributed by atoms with E-state index in [-0.39, 0.29) is 18.3 Å². The second-order valence-electron chi connectivity index (χ2n) is 4.54. The molecule has 0 aliphatic heterocycles. The Labute approximate surface area is 122 Å². The summed E-state index contributed by atoms with van der Waals surface area (Å²) < 4.78 is 12.8. The first-order chi connectivity index (χ1) is 10.2. The lowest BCUT2D eigenvalue weighted by atomic mass is 10.1. The molecule has 3 nitrogen and oxygen atoms in total. The Kier molecular flexibility index (Phi) is 5.23. The first-order valence-corrected chi connectivity index (χ1v) is 6.59. The Hall–Kier alpha value is -2.46. The van der Waals surface area contributed by atoms with E-state index in [9.17, 15) is 14.3 Å². The summed E-state index contributed by atoms with van der Waals surface area (Å²) in [5.41, 5.74) is 1.57. The van der Waals surface area contributed by atoms with Crippen LogP contribution in [0.1, 0.15) is 17.2 Å². The molecule has 0 heterocycles. The minimum absolute atomic E-state index is 0.180. The van der Waals surface area contributed by atoms with Crippen molar-refractivity contribution in [3.8, 4) is 0 Å². The van der Waals surface area contributed by atoms with Gasteiger partial charge in [-0.25, -0.2) is 4.39 Å². The van der Waals surface area contributed by atoms with Crippen LogP contribution < -0.4 is 5.32 Å². The normalized spacial score (nSPS) is 12.3. The molecule has 2 aromatic rings. The lowest BCUT2D eigenvalue weighted by Crippen LogP contribution is -2.29. The molecular weight excluding hydrogens is 269 g/mol. The van der Waals surface area contributed by atoms with Gasteiger partial charge in [0.1, 0.15) is 5.82 Å². The van der Waals surface area contributed by atoms with E-state index in [1.54, 1.807) is 18.2 Å². The quantitative estimate of drug-likeness (QED) is 0.830. The van der Waals surface area contributed by atoms with Crippen LogP contribution in [0.2, 0.25) is 0 Å². The summed E-state index contributed by atoms with van der Waals surface area (Å²) in [7, 11) is 0. The van der Waals surface area contributed by atoms with Crippen LogP contribution in [0.25, 0.3) is 6.08 Å². The van der Waals surface area contributed by atoms with Crippen LogP contribution in [-0.4, -0.2) is 17.6 Å². The highest BCUT2D eigenvalue weighted by Gasteiger charge is 2.11. The fourth-order valence-electron chi connectivity index (χ4n) is 1.89. The highest BCUT2D eigenvalue weighted by Crippen LogP contribution is 2.11. The monoisotopic (exact) mass is 285 g/mol. The number of carbonyl (C=O) groups is 1. The average Bonchev–Trinajstić information content (AvgIpc) is 2.53. The molecule has 0 radical (unpaired) electrons. The number of nitrogens with one attached hydrogen (secondary N) is 1. The molecule has 4 heteroatoms. The van der Waals surface area contributed by atoms with Gasteiger partial charge in [-0.05, 0) is 29.3 Å². The van der Waals surface area contributed by atoms with Gasteiger partial charge >= 0.3 is 0 Å². The van der Waals surface area contributed by atoms with Crippen molar-refractivity contribution in [2.45, 2.75) is 6.04 Å². The smallest absolute Gasteiger partial charge is 0.244 e. The van der Waals surface area contributed by atoms with Crippen molar-refractivity contribution in [3.05, 3.63) is 77.6 Å². The molecule has 0 aliphatic carbocycles. The van der Waals surface area contributed by atoms with Crippen LogP contribution in [0.15, 0.2) is 60.7 Å². The van der Waals surface area contributed by atoms with Crippen molar-refractivity contribution in [1.29, 1.82) is 0 Å². The number of hydrogen-bond donors (Lipinski definition) is 2. The maximum atomic E-state index is 12.8. The second-order valence-corrected chi connectivity index (χ2v) is 4.54. The molecule has 0 fully saturated rings. The molecule has 0 bridgehead atoms. The number of rotatable bonds is 5. The van der Waals surface area contributed by atoms with Gasteiger partial charge in [0, 0.05) is 6.08 Å². The van der Waals surface area contributed by atoms with Crippen molar-refractivity contribution >= 4 is 12.0 Å². The van der Waals surface area contributed by atoms with E-state index in [0.29, 0.717) is 0 Å². The highest BCUT2D eigenvalue weighted by molar-refractivity contribution is 5.92. The van der Waals surface area contributed by atoms with Gasteiger partial charge in [-0.2, -0.15) is 0 Å². The Bertz CT molecular complexity index is 608. The van der Waals surface area contributed by atoms with Gasteiger partial charge in [-0.3, -0.25) is 4.79 Å². The molecule has 2 rings (SSSR count). The average molecular weight is 285 g/mol. The van der Waals surface area contributed by atoms with E-state index in [1.807, 2.05) is 30.3 Å². The van der Waals surface area contributed by atoms with E-state index in [4.69, 9.17) is 0 Å². The second kappa shape index (κ2) is 7.36. The molecule has 0 aliphatic rings. The zero-order valence-corrected chi connectivity index (χ0v) is 11.4. The lowest BCUT2D eigenvalue weighted by molar-refractivity contribution is -0.117. The summed E-state index contributed by atoms with van der Waals surface area (Å²) in [5.74, 6) is -0.636. The van der Waals surface area contributed by atoms with Crippen LogP contribution in [0.5, 0.6) is 0 Å². The molecule has 2 aromatic carbocycles. The van der Waals surface area contributed by atoms with Gasteiger partial charge in [0.05, 0.1) is 12.6 Å². The summed E-state index contributed by atoms with van der Waals surface area (Å²) in [5, 5.41) is 12.1. The third-order valence-corrected chi connectivity index (χ3v) is 3.00. The van der Waals surface area contributed by atoms with E-state index < -0.39 is 6.04 Å². The molecule has 2 N–H and O–H groups in total. The lowest BCUT2D eigenvalue weighted by Gasteiger charge is -2.15. The number of aliphatic hydroxyl groups is 1. The SMILES string of the molecule is O=C(C=Cc1ccc(F)cc1)NC(CO)c1ccccc1. The van der Waals surface area contributed by atoms with Crippen molar-refractivity contribution < 1.29 is 14.3 Å². The molecule has 1 unspecified atom stereocenters. The van der Waals surface area contributed by atoms with Gasteiger partial charge < -0.3 is 10.4 Å². The number of hydrogen-bond acceptors (Lipinski definition) is 2. The number of amides is 1. The zero-order valence-electron chi connectivity index (χ0n) is 11.4. The van der Waals surface area contributed by atoms with Crippen LogP contribution >= 0.6 is 0 Å². The predicted molar refractivity (Wildman–Crippen MR) is 79.8 cm³/mol. The van der Waals surface area contributed by atoms with Gasteiger partial charge in [-0.15, -0.1) is 0 Å². The zero-order chi connectivity index (χ0) is 15.1. The maximum Gasteiger partial charge on any atom is 0.244 e. The van der Waals surface area contributed by atoms with E-state index >= 15 is 0 Å². The number of aliphatic hydroxyl groups excluding tert-OH is 1. The fourth-order valence-corrected chi connectivity index (χ4v) is 1.89. The number of halogens is 1. The van der Waals surface area contributed by atoms with Gasteiger partial charge in [0.2, 0.25) is 5.91 Å². The van der Waals surface area contributed by atoms with Crippen molar-refractivity contribution in [2.75, 3.05) is 6.61 Å². The summed E-state index contributed by atoms with van der Waals surface area (Å²) >= 11 is 0. The number of carbonyl (C=O) groups excluding carboxylic acids is 1. The van der Waals surface area contributed by atoms with Gasteiger partial charge in [0.25, 0.3) is 0 Å². The van der Waals surface area contributed by atoms with Crippen molar-refractivity contribution in [3.63, 3.8) is 0 Å². The van der Waals surface area contributed by atoms with E-state index in [0.717, 1.165) is 11.1 Å². The van der Waals surface area contributed by atoms with Gasteiger partial charge in [-0.1, -0.05) is 42.5 Å². The summed E-state index contributed by atoms with van der Waals surface area (Å²) in [6, 6.07) is 14.6. The summed E-state index contributed by atoms with van der Waals surface area (Å²) in [6.07, 6.45) is 2.95. The van der Waals surface area contributed by atoms with Crippen LogP contribution in [0.3, 0.4) is 0 Å². The Balaban J connectivity index is 1.98. The first kappa shape index (κ1) is 14.9. The molecule has 0 spiro atoms. The maximum absolute atomic E-state index is 12.8. The first-order valence-electron chi connectivity index (χ1n) is 6.59. The highest BCUT2D eigenvalue weighted by atomic mass is 19.1. The minimum atomic E-state index is -0.448. The molecule has 1 atom stereocenters. The third kappa shape index (κ3) is 4.54. The summed E-state index contributed by atoms with van der Waals surface area (Å²) in [4.78, 5) is 11.8. The molecule has 1 amide bonds. The molecule has 0 aromatic heterocycles. The van der Waals surface area contributed by atoms with Crippen LogP contribution in [-0.2, 0) is 4.79 Å². The third-order valence-electron chi connectivity index (χ3n) is 3.00. The Morgan fingerprint density at radius 3 is 2.43 bits per heavy atom. The fraction of sp³-hybridized carbons (Fsp3) is 0.118.